The van der Waals surface area contributed by atoms with Crippen molar-refractivity contribution in [2.45, 2.75) is 13.5 Å². The van der Waals surface area contributed by atoms with Crippen molar-refractivity contribution in [1.82, 2.24) is 5.32 Å². The Hall–Kier alpha value is -2.36. The third-order valence-electron chi connectivity index (χ3n) is 2.79. The Balaban J connectivity index is 1.91. The van der Waals surface area contributed by atoms with E-state index in [2.05, 4.69) is 5.32 Å². The standard InChI is InChI=1S/C16H16FNO2/c1-2-20-15-9-3-12(4-10-15)11-18-16(19)13-5-7-14(17)8-6-13/h3-10H,2,11H2,1H3,(H,18,19). The fourth-order valence-corrected chi connectivity index (χ4v) is 1.76. The summed E-state index contributed by atoms with van der Waals surface area (Å²) in [7, 11) is 0. The molecule has 2 aromatic carbocycles. The molecule has 0 heterocycles. The van der Waals surface area contributed by atoms with Gasteiger partial charge in [-0.15, -0.1) is 0 Å². The molecule has 2 aromatic rings. The van der Waals surface area contributed by atoms with Gasteiger partial charge in [-0.1, -0.05) is 12.1 Å². The molecular weight excluding hydrogens is 257 g/mol. The number of hydrogen-bond donors (Lipinski definition) is 1. The van der Waals surface area contributed by atoms with Gasteiger partial charge in [0.15, 0.2) is 0 Å². The summed E-state index contributed by atoms with van der Waals surface area (Å²) in [6.45, 7) is 2.97. The van der Waals surface area contributed by atoms with E-state index in [0.29, 0.717) is 18.7 Å². The molecule has 0 spiro atoms. The van der Waals surface area contributed by atoms with Gasteiger partial charge in [0.25, 0.3) is 5.91 Å². The Morgan fingerprint density at radius 2 is 1.75 bits per heavy atom. The highest BCUT2D eigenvalue weighted by atomic mass is 19.1. The maximum Gasteiger partial charge on any atom is 0.251 e. The molecule has 0 saturated carbocycles. The third kappa shape index (κ3) is 3.82. The highest BCUT2D eigenvalue weighted by Gasteiger charge is 2.05. The van der Waals surface area contributed by atoms with Crippen molar-refractivity contribution in [3.05, 3.63) is 65.5 Å². The van der Waals surface area contributed by atoms with Crippen LogP contribution in [0.5, 0.6) is 5.75 Å². The second-order valence-electron chi connectivity index (χ2n) is 4.27. The Bertz CT molecular complexity index is 564. The summed E-state index contributed by atoms with van der Waals surface area (Å²) < 4.78 is 18.1. The zero-order chi connectivity index (χ0) is 14.4. The van der Waals surface area contributed by atoms with Gasteiger partial charge in [-0.25, -0.2) is 4.39 Å². The number of carbonyl (C=O) groups excluding carboxylic acids is 1. The van der Waals surface area contributed by atoms with Crippen LogP contribution in [0.15, 0.2) is 48.5 Å². The number of hydrogen-bond acceptors (Lipinski definition) is 2. The topological polar surface area (TPSA) is 38.3 Å². The van der Waals surface area contributed by atoms with Gasteiger partial charge in [0, 0.05) is 12.1 Å². The summed E-state index contributed by atoms with van der Waals surface area (Å²) in [5.41, 5.74) is 1.42. The number of carbonyl (C=O) groups is 1. The number of amides is 1. The lowest BCUT2D eigenvalue weighted by Gasteiger charge is -2.07. The summed E-state index contributed by atoms with van der Waals surface area (Å²) >= 11 is 0. The molecule has 0 aromatic heterocycles. The van der Waals surface area contributed by atoms with Gasteiger partial charge in [0.1, 0.15) is 11.6 Å². The van der Waals surface area contributed by atoms with Crippen molar-refractivity contribution < 1.29 is 13.9 Å². The minimum Gasteiger partial charge on any atom is -0.494 e. The Kier molecular flexibility index (Phi) is 4.71. The molecule has 3 nitrogen and oxygen atoms in total. The van der Waals surface area contributed by atoms with E-state index >= 15 is 0 Å². The third-order valence-corrected chi connectivity index (χ3v) is 2.79. The largest absolute Gasteiger partial charge is 0.494 e. The van der Waals surface area contributed by atoms with Crippen LogP contribution in [0.2, 0.25) is 0 Å². The highest BCUT2D eigenvalue weighted by Crippen LogP contribution is 2.12. The van der Waals surface area contributed by atoms with Crippen molar-refractivity contribution in [2.24, 2.45) is 0 Å². The summed E-state index contributed by atoms with van der Waals surface area (Å²) in [4.78, 5) is 11.8. The first kappa shape index (κ1) is 14.1. The number of halogens is 1. The van der Waals surface area contributed by atoms with Gasteiger partial charge in [-0.05, 0) is 48.9 Å². The Morgan fingerprint density at radius 3 is 2.35 bits per heavy atom. The predicted octanol–water partition coefficient (Wildman–Crippen LogP) is 3.15. The summed E-state index contributed by atoms with van der Waals surface area (Å²) in [5.74, 6) is 0.230. The van der Waals surface area contributed by atoms with Gasteiger partial charge in [-0.2, -0.15) is 0 Å². The second-order valence-corrected chi connectivity index (χ2v) is 4.27. The summed E-state index contributed by atoms with van der Waals surface area (Å²) in [6.07, 6.45) is 0. The molecule has 0 bridgehead atoms. The van der Waals surface area contributed by atoms with E-state index in [1.807, 2.05) is 31.2 Å². The normalized spacial score (nSPS) is 10.1. The summed E-state index contributed by atoms with van der Waals surface area (Å²) in [6, 6.07) is 13.0. The van der Waals surface area contributed by atoms with Crippen molar-refractivity contribution in [2.75, 3.05) is 6.61 Å². The van der Waals surface area contributed by atoms with Crippen LogP contribution < -0.4 is 10.1 Å². The van der Waals surface area contributed by atoms with Crippen LogP contribution in [-0.2, 0) is 6.54 Å². The molecule has 0 aliphatic carbocycles. The molecule has 0 aliphatic heterocycles. The number of rotatable bonds is 5. The minimum absolute atomic E-state index is 0.223. The van der Waals surface area contributed by atoms with E-state index in [-0.39, 0.29) is 11.7 Å². The first-order chi connectivity index (χ1) is 9.69. The Labute approximate surface area is 117 Å². The van der Waals surface area contributed by atoms with E-state index in [1.165, 1.54) is 24.3 Å². The lowest BCUT2D eigenvalue weighted by atomic mass is 10.2. The lowest BCUT2D eigenvalue weighted by Crippen LogP contribution is -2.22. The van der Waals surface area contributed by atoms with Gasteiger partial charge in [0.05, 0.1) is 6.61 Å². The average Bonchev–Trinajstić information content (AvgIpc) is 2.47. The van der Waals surface area contributed by atoms with Gasteiger partial charge in [0.2, 0.25) is 0 Å². The van der Waals surface area contributed by atoms with Gasteiger partial charge >= 0.3 is 0 Å². The zero-order valence-electron chi connectivity index (χ0n) is 11.2. The van der Waals surface area contributed by atoms with E-state index in [1.54, 1.807) is 0 Å². The molecule has 2 rings (SSSR count). The fourth-order valence-electron chi connectivity index (χ4n) is 1.76. The van der Waals surface area contributed by atoms with Gasteiger partial charge in [-0.3, -0.25) is 4.79 Å². The van der Waals surface area contributed by atoms with Crippen LogP contribution in [0.1, 0.15) is 22.8 Å². The number of nitrogens with one attached hydrogen (secondary N) is 1. The van der Waals surface area contributed by atoms with Crippen molar-refractivity contribution >= 4 is 5.91 Å². The zero-order valence-corrected chi connectivity index (χ0v) is 11.2. The molecule has 0 radical (unpaired) electrons. The van der Waals surface area contributed by atoms with Gasteiger partial charge < -0.3 is 10.1 Å². The molecule has 1 N–H and O–H groups in total. The molecule has 4 heteroatoms. The van der Waals surface area contributed by atoms with Crippen LogP contribution in [0.3, 0.4) is 0 Å². The molecule has 104 valence electrons. The second kappa shape index (κ2) is 6.70. The average molecular weight is 273 g/mol. The predicted molar refractivity (Wildman–Crippen MR) is 75.2 cm³/mol. The monoisotopic (exact) mass is 273 g/mol. The maximum absolute atomic E-state index is 12.8. The summed E-state index contributed by atoms with van der Waals surface area (Å²) in [5, 5.41) is 2.78. The van der Waals surface area contributed by atoms with E-state index in [0.717, 1.165) is 11.3 Å². The SMILES string of the molecule is CCOc1ccc(CNC(=O)c2ccc(F)cc2)cc1. The van der Waals surface area contributed by atoms with E-state index < -0.39 is 0 Å². The molecular formula is C16H16FNO2. The van der Waals surface area contributed by atoms with Crippen molar-refractivity contribution in [1.29, 1.82) is 0 Å². The van der Waals surface area contributed by atoms with Crippen LogP contribution in [0.4, 0.5) is 4.39 Å². The maximum atomic E-state index is 12.8. The van der Waals surface area contributed by atoms with E-state index in [4.69, 9.17) is 4.74 Å². The van der Waals surface area contributed by atoms with E-state index in [9.17, 15) is 9.18 Å². The molecule has 0 aliphatic rings. The first-order valence-corrected chi connectivity index (χ1v) is 6.44. The fraction of sp³-hybridized carbons (Fsp3) is 0.188. The first-order valence-electron chi connectivity index (χ1n) is 6.44. The molecule has 0 fully saturated rings. The minimum atomic E-state index is -0.354. The molecule has 0 unspecified atom stereocenters. The molecule has 0 atom stereocenters. The lowest BCUT2D eigenvalue weighted by molar-refractivity contribution is 0.0951. The Morgan fingerprint density at radius 1 is 1.10 bits per heavy atom. The van der Waals surface area contributed by atoms with Crippen LogP contribution in [0, 0.1) is 5.82 Å². The quantitative estimate of drug-likeness (QED) is 0.908. The molecule has 20 heavy (non-hydrogen) atoms. The molecule has 0 saturated heterocycles. The smallest absolute Gasteiger partial charge is 0.251 e. The van der Waals surface area contributed by atoms with Crippen molar-refractivity contribution in [3.8, 4) is 5.75 Å². The highest BCUT2D eigenvalue weighted by molar-refractivity contribution is 5.94. The van der Waals surface area contributed by atoms with Crippen LogP contribution >= 0.6 is 0 Å². The van der Waals surface area contributed by atoms with Crippen LogP contribution in [0.25, 0.3) is 0 Å². The molecule has 1 amide bonds. The van der Waals surface area contributed by atoms with Crippen LogP contribution in [-0.4, -0.2) is 12.5 Å². The van der Waals surface area contributed by atoms with Crippen molar-refractivity contribution in [3.63, 3.8) is 0 Å². The number of ether oxygens (including phenoxy) is 1. The number of benzene rings is 2.